The van der Waals surface area contributed by atoms with E-state index in [-0.39, 0.29) is 0 Å². The summed E-state index contributed by atoms with van der Waals surface area (Å²) in [6, 6.07) is 0. The third-order valence-corrected chi connectivity index (χ3v) is 2.91. The quantitative estimate of drug-likeness (QED) is 0.744. The van der Waals surface area contributed by atoms with Gasteiger partial charge in [0.2, 0.25) is 0 Å². The topological polar surface area (TPSA) is 41.3 Å². The van der Waals surface area contributed by atoms with Crippen LogP contribution in [0, 0.1) is 0 Å². The number of nitrogens with zero attached hydrogens (tertiary/aromatic N) is 3. The number of likely N-dealkylation sites (tertiary alicyclic amines) is 1. The number of aromatic nitrogens is 2. The number of likely N-dealkylation sites (N-methyl/N-ethyl adjacent to an activating group) is 1. The van der Waals surface area contributed by atoms with Crippen LogP contribution in [0.1, 0.15) is 19.2 Å². The van der Waals surface area contributed by atoms with Crippen molar-refractivity contribution in [2.24, 2.45) is 0 Å². The predicted molar refractivity (Wildman–Crippen MR) is 53.9 cm³/mol. The number of aliphatic hydroxyl groups is 1. The van der Waals surface area contributed by atoms with Crippen molar-refractivity contribution >= 4 is 0 Å². The van der Waals surface area contributed by atoms with E-state index < -0.39 is 5.60 Å². The van der Waals surface area contributed by atoms with Crippen molar-refractivity contribution in [2.45, 2.75) is 25.5 Å². The largest absolute Gasteiger partial charge is 0.381 e. The van der Waals surface area contributed by atoms with Crippen molar-refractivity contribution < 1.29 is 5.11 Å². The van der Waals surface area contributed by atoms with Crippen LogP contribution in [0.3, 0.4) is 0 Å². The van der Waals surface area contributed by atoms with E-state index in [4.69, 9.17) is 0 Å². The second-order valence-electron chi connectivity index (χ2n) is 4.06. The Kier molecular flexibility index (Phi) is 2.33. The molecule has 1 saturated heterocycles. The maximum absolute atomic E-state index is 10.4. The van der Waals surface area contributed by atoms with Gasteiger partial charge in [0.15, 0.2) is 0 Å². The van der Waals surface area contributed by atoms with Crippen LogP contribution in [0.4, 0.5) is 0 Å². The van der Waals surface area contributed by atoms with Gasteiger partial charge in [-0.25, -0.2) is 4.98 Å². The Labute approximate surface area is 84.2 Å². The summed E-state index contributed by atoms with van der Waals surface area (Å²) in [6.07, 6.45) is 4.46. The van der Waals surface area contributed by atoms with Crippen molar-refractivity contribution in [3.63, 3.8) is 0 Å². The van der Waals surface area contributed by atoms with Gasteiger partial charge >= 0.3 is 0 Å². The van der Waals surface area contributed by atoms with Gasteiger partial charge in [0.1, 0.15) is 11.4 Å². The summed E-state index contributed by atoms with van der Waals surface area (Å²) in [5.41, 5.74) is -0.742. The fraction of sp³-hybridized carbons (Fsp3) is 0.700. The van der Waals surface area contributed by atoms with Crippen LogP contribution in [0.5, 0.6) is 0 Å². The molecule has 0 saturated carbocycles. The summed E-state index contributed by atoms with van der Waals surface area (Å²) in [4.78, 5) is 6.40. The van der Waals surface area contributed by atoms with E-state index in [0.29, 0.717) is 6.54 Å². The zero-order valence-electron chi connectivity index (χ0n) is 8.77. The summed E-state index contributed by atoms with van der Waals surface area (Å²) in [5.74, 6) is 0.810. The average molecular weight is 195 g/mol. The molecule has 2 heterocycles. The highest BCUT2D eigenvalue weighted by Crippen LogP contribution is 2.29. The fourth-order valence-electron chi connectivity index (χ4n) is 2.13. The highest BCUT2D eigenvalue weighted by atomic mass is 16.3. The van der Waals surface area contributed by atoms with Gasteiger partial charge in [-0.1, -0.05) is 0 Å². The van der Waals surface area contributed by atoms with E-state index in [9.17, 15) is 5.11 Å². The molecule has 0 amide bonds. The fourth-order valence-corrected chi connectivity index (χ4v) is 2.13. The Hall–Kier alpha value is -0.870. The molecule has 1 aliphatic heterocycles. The first-order valence-corrected chi connectivity index (χ1v) is 5.08. The van der Waals surface area contributed by atoms with E-state index in [0.717, 1.165) is 25.3 Å². The van der Waals surface area contributed by atoms with Gasteiger partial charge in [-0.15, -0.1) is 0 Å². The lowest BCUT2D eigenvalue weighted by atomic mass is 10.0. The van der Waals surface area contributed by atoms with Crippen LogP contribution < -0.4 is 0 Å². The molecule has 1 aromatic rings. The molecule has 4 heteroatoms. The molecule has 0 bridgehead atoms. The van der Waals surface area contributed by atoms with Crippen LogP contribution in [0.25, 0.3) is 0 Å². The smallest absolute Gasteiger partial charge is 0.142 e. The van der Waals surface area contributed by atoms with Crippen LogP contribution >= 0.6 is 0 Å². The molecule has 1 atom stereocenters. The number of rotatable bonds is 2. The maximum atomic E-state index is 10.4. The molecule has 4 nitrogen and oxygen atoms in total. The SMILES string of the molecule is CCn1ccnc1C1(O)CCN(C)C1. The minimum absolute atomic E-state index is 0.685. The van der Waals surface area contributed by atoms with Crippen molar-refractivity contribution in [2.75, 3.05) is 20.1 Å². The summed E-state index contributed by atoms with van der Waals surface area (Å²) < 4.78 is 2.01. The minimum Gasteiger partial charge on any atom is -0.381 e. The van der Waals surface area contributed by atoms with Gasteiger partial charge in [0.25, 0.3) is 0 Å². The second-order valence-corrected chi connectivity index (χ2v) is 4.06. The molecule has 78 valence electrons. The Morgan fingerprint density at radius 1 is 1.64 bits per heavy atom. The molecule has 0 spiro atoms. The third-order valence-electron chi connectivity index (χ3n) is 2.91. The molecule has 1 fully saturated rings. The summed E-state index contributed by atoms with van der Waals surface area (Å²) in [5, 5.41) is 10.4. The van der Waals surface area contributed by atoms with Crippen LogP contribution in [0.2, 0.25) is 0 Å². The maximum Gasteiger partial charge on any atom is 0.142 e. The lowest BCUT2D eigenvalue weighted by molar-refractivity contribution is 0.0362. The number of β-amino-alcohol motifs (C(OH)–C–C–N with tert-alkyl or cyclic N) is 1. The number of aryl methyl sites for hydroxylation is 1. The average Bonchev–Trinajstić information content (AvgIpc) is 2.73. The van der Waals surface area contributed by atoms with E-state index >= 15 is 0 Å². The molecular formula is C10H17N3O. The monoisotopic (exact) mass is 195 g/mol. The lowest BCUT2D eigenvalue weighted by Crippen LogP contribution is -2.32. The Morgan fingerprint density at radius 2 is 2.43 bits per heavy atom. The summed E-state index contributed by atoms with van der Waals surface area (Å²) in [6.45, 7) is 4.55. The van der Waals surface area contributed by atoms with Crippen LogP contribution in [-0.4, -0.2) is 39.7 Å². The van der Waals surface area contributed by atoms with E-state index in [1.807, 2.05) is 17.8 Å². The second kappa shape index (κ2) is 3.37. The van der Waals surface area contributed by atoms with Gasteiger partial charge in [0.05, 0.1) is 0 Å². The minimum atomic E-state index is -0.742. The molecule has 0 aliphatic carbocycles. The molecule has 1 aromatic heterocycles. The van der Waals surface area contributed by atoms with Crippen molar-refractivity contribution in [3.05, 3.63) is 18.2 Å². The van der Waals surface area contributed by atoms with Crippen molar-refractivity contribution in [3.8, 4) is 0 Å². The first kappa shape index (κ1) is 9.68. The van der Waals surface area contributed by atoms with Crippen LogP contribution in [-0.2, 0) is 12.1 Å². The Balaban J connectivity index is 2.30. The van der Waals surface area contributed by atoms with Gasteiger partial charge < -0.3 is 14.6 Å². The zero-order valence-corrected chi connectivity index (χ0v) is 8.77. The van der Waals surface area contributed by atoms with Gasteiger partial charge in [-0.3, -0.25) is 0 Å². The molecule has 0 aromatic carbocycles. The summed E-state index contributed by atoms with van der Waals surface area (Å²) in [7, 11) is 2.02. The highest BCUT2D eigenvalue weighted by Gasteiger charge is 2.39. The molecule has 1 aliphatic rings. The standard InChI is InChI=1S/C10H17N3O/c1-3-13-7-5-11-9(13)10(14)4-6-12(2)8-10/h5,7,14H,3-4,6,8H2,1-2H3. The van der Waals surface area contributed by atoms with Crippen molar-refractivity contribution in [1.29, 1.82) is 0 Å². The lowest BCUT2D eigenvalue weighted by Gasteiger charge is -2.22. The first-order chi connectivity index (χ1) is 6.65. The van der Waals surface area contributed by atoms with Crippen LogP contribution in [0.15, 0.2) is 12.4 Å². The number of hydrogen-bond donors (Lipinski definition) is 1. The van der Waals surface area contributed by atoms with E-state index in [2.05, 4.69) is 16.8 Å². The summed E-state index contributed by atoms with van der Waals surface area (Å²) >= 11 is 0. The van der Waals surface area contributed by atoms with Gasteiger partial charge in [-0.05, 0) is 20.4 Å². The molecular weight excluding hydrogens is 178 g/mol. The molecule has 14 heavy (non-hydrogen) atoms. The third kappa shape index (κ3) is 1.44. The molecule has 2 rings (SSSR count). The zero-order chi connectivity index (χ0) is 10.2. The molecule has 0 radical (unpaired) electrons. The Morgan fingerprint density at radius 3 is 3.00 bits per heavy atom. The number of hydrogen-bond acceptors (Lipinski definition) is 3. The Bertz CT molecular complexity index is 323. The predicted octanol–water partition coefficient (Wildman–Crippen LogP) is 0.426. The van der Waals surface area contributed by atoms with Crippen molar-refractivity contribution in [1.82, 2.24) is 14.5 Å². The number of imidazole rings is 1. The molecule has 1 unspecified atom stereocenters. The van der Waals surface area contributed by atoms with Gasteiger partial charge in [0, 0.05) is 32.0 Å². The van der Waals surface area contributed by atoms with Gasteiger partial charge in [-0.2, -0.15) is 0 Å². The normalized spacial score (nSPS) is 28.5. The molecule has 1 N–H and O–H groups in total. The van der Waals surface area contributed by atoms with E-state index in [1.165, 1.54) is 0 Å². The first-order valence-electron chi connectivity index (χ1n) is 5.08. The highest BCUT2D eigenvalue weighted by molar-refractivity contribution is 5.08. The van der Waals surface area contributed by atoms with E-state index in [1.54, 1.807) is 6.20 Å².